The summed E-state index contributed by atoms with van der Waals surface area (Å²) >= 11 is 0. The minimum Gasteiger partial charge on any atom is -0.326 e. The molecule has 1 N–H and O–H groups in total. The molecule has 0 fully saturated rings. The Morgan fingerprint density at radius 3 is 2.28 bits per heavy atom. The number of imidazole rings is 1. The molecule has 1 atom stereocenters. The molecule has 6 nitrogen and oxygen atoms in total. The van der Waals surface area contributed by atoms with Crippen molar-refractivity contribution in [3.63, 3.8) is 0 Å². The van der Waals surface area contributed by atoms with Crippen molar-refractivity contribution in [1.82, 2.24) is 9.55 Å². The molecule has 0 aliphatic rings. The molecule has 0 saturated heterocycles. The van der Waals surface area contributed by atoms with Crippen LogP contribution >= 0.6 is 0 Å². The first-order chi connectivity index (χ1) is 18.7. The van der Waals surface area contributed by atoms with E-state index >= 15 is 0 Å². The number of hydrogen-bond acceptors (Lipinski definition) is 4. The summed E-state index contributed by atoms with van der Waals surface area (Å²) in [6.07, 6.45) is 0.151. The van der Waals surface area contributed by atoms with Gasteiger partial charge in [0.1, 0.15) is 5.82 Å². The van der Waals surface area contributed by atoms with E-state index in [2.05, 4.69) is 66.2 Å². The lowest BCUT2D eigenvalue weighted by Gasteiger charge is -2.19. The fraction of sp³-hybridized carbons (Fsp3) is 0.188. The Kier molecular flexibility index (Phi) is 7.35. The molecule has 0 radical (unpaired) electrons. The summed E-state index contributed by atoms with van der Waals surface area (Å²) in [6.45, 7) is 5.88. The van der Waals surface area contributed by atoms with Crippen LogP contribution in [0.3, 0.4) is 0 Å². The third kappa shape index (κ3) is 5.64. The second-order valence-corrected chi connectivity index (χ2v) is 12.0. The maximum atomic E-state index is 12.7. The Labute approximate surface area is 229 Å². The quantitative estimate of drug-likeness (QED) is 0.242. The van der Waals surface area contributed by atoms with E-state index in [4.69, 9.17) is 4.98 Å². The van der Waals surface area contributed by atoms with E-state index in [0.717, 1.165) is 28.0 Å². The molecule has 7 heteroatoms. The van der Waals surface area contributed by atoms with Gasteiger partial charge in [0.2, 0.25) is 5.91 Å². The van der Waals surface area contributed by atoms with Crippen molar-refractivity contribution in [3.8, 4) is 11.4 Å². The maximum Gasteiger partial charge on any atom is 0.228 e. The van der Waals surface area contributed by atoms with E-state index in [1.165, 1.54) is 11.1 Å². The molecule has 5 aromatic rings. The van der Waals surface area contributed by atoms with E-state index < -0.39 is 9.84 Å². The summed E-state index contributed by atoms with van der Waals surface area (Å²) in [6, 6.07) is 31.0. The van der Waals surface area contributed by atoms with Gasteiger partial charge in [0.25, 0.3) is 0 Å². The van der Waals surface area contributed by atoms with Gasteiger partial charge < -0.3 is 9.88 Å². The number of anilines is 1. The number of amides is 1. The zero-order valence-corrected chi connectivity index (χ0v) is 23.1. The topological polar surface area (TPSA) is 81.1 Å². The molecule has 0 aliphatic carbocycles. The molecule has 0 aliphatic heterocycles. The van der Waals surface area contributed by atoms with Crippen molar-refractivity contribution in [3.05, 3.63) is 114 Å². The van der Waals surface area contributed by atoms with Crippen LogP contribution in [0.1, 0.15) is 36.6 Å². The van der Waals surface area contributed by atoms with Gasteiger partial charge in [-0.2, -0.15) is 0 Å². The number of nitrogens with zero attached hydrogens (tertiary/aromatic N) is 2. The number of benzene rings is 4. The SMILES string of the molecule is CCS(=O)(=O)c1ccc(CC(=O)Nc2ccc(-c3nc4ccc(C)cc4n3C(C)c3ccccc3)cc2)cc1. The van der Waals surface area contributed by atoms with Crippen LogP contribution in [0, 0.1) is 6.92 Å². The van der Waals surface area contributed by atoms with E-state index in [0.29, 0.717) is 5.69 Å². The van der Waals surface area contributed by atoms with Crippen LogP contribution in [0.2, 0.25) is 0 Å². The first-order valence-electron chi connectivity index (χ1n) is 13.0. The molecule has 39 heavy (non-hydrogen) atoms. The Bertz CT molecular complexity index is 1720. The number of fused-ring (bicyclic) bond motifs is 1. The number of aromatic nitrogens is 2. The number of rotatable bonds is 8. The molecule has 1 unspecified atom stereocenters. The van der Waals surface area contributed by atoms with Gasteiger partial charge in [-0.3, -0.25) is 4.79 Å². The van der Waals surface area contributed by atoms with Crippen LogP contribution < -0.4 is 5.32 Å². The van der Waals surface area contributed by atoms with Crippen molar-refractivity contribution in [1.29, 1.82) is 0 Å². The van der Waals surface area contributed by atoms with Gasteiger partial charge in [-0.25, -0.2) is 13.4 Å². The highest BCUT2D eigenvalue weighted by atomic mass is 32.2. The molecule has 198 valence electrons. The highest BCUT2D eigenvalue weighted by Gasteiger charge is 2.19. The summed E-state index contributed by atoms with van der Waals surface area (Å²) < 4.78 is 26.3. The largest absolute Gasteiger partial charge is 0.326 e. The fourth-order valence-electron chi connectivity index (χ4n) is 4.75. The van der Waals surface area contributed by atoms with E-state index in [1.54, 1.807) is 31.2 Å². The van der Waals surface area contributed by atoms with Crippen molar-refractivity contribution >= 4 is 32.5 Å². The smallest absolute Gasteiger partial charge is 0.228 e. The first kappa shape index (κ1) is 26.4. The van der Waals surface area contributed by atoms with Gasteiger partial charge >= 0.3 is 0 Å². The summed E-state index contributed by atoms with van der Waals surface area (Å²) in [5, 5.41) is 2.94. The van der Waals surface area contributed by atoms with E-state index in [9.17, 15) is 13.2 Å². The number of carbonyl (C=O) groups is 1. The highest BCUT2D eigenvalue weighted by molar-refractivity contribution is 7.91. The fourth-order valence-corrected chi connectivity index (χ4v) is 5.64. The van der Waals surface area contributed by atoms with Gasteiger partial charge in [0, 0.05) is 11.3 Å². The number of aryl methyl sites for hydroxylation is 1. The van der Waals surface area contributed by atoms with Crippen LogP contribution in [0.5, 0.6) is 0 Å². The number of nitrogens with one attached hydrogen (secondary N) is 1. The Morgan fingerprint density at radius 1 is 0.923 bits per heavy atom. The van der Waals surface area contributed by atoms with Gasteiger partial charge in [-0.1, -0.05) is 55.5 Å². The van der Waals surface area contributed by atoms with E-state index in [1.807, 2.05) is 30.3 Å². The molecular formula is C32H31N3O3S. The molecule has 0 bridgehead atoms. The summed E-state index contributed by atoms with van der Waals surface area (Å²) in [4.78, 5) is 17.9. The molecule has 1 aromatic heterocycles. The number of carbonyl (C=O) groups excluding carboxylic acids is 1. The monoisotopic (exact) mass is 537 g/mol. The minimum absolute atomic E-state index is 0.0455. The Balaban J connectivity index is 1.37. The molecule has 1 amide bonds. The lowest BCUT2D eigenvalue weighted by atomic mass is 10.1. The minimum atomic E-state index is -3.26. The van der Waals surface area contributed by atoms with Crippen LogP contribution in [-0.2, 0) is 21.1 Å². The van der Waals surface area contributed by atoms with Crippen molar-refractivity contribution in [2.75, 3.05) is 11.1 Å². The summed E-state index contributed by atoms with van der Waals surface area (Å²) in [5.41, 5.74) is 6.78. The van der Waals surface area contributed by atoms with Gasteiger partial charge in [-0.15, -0.1) is 0 Å². The van der Waals surface area contributed by atoms with Crippen LogP contribution in [0.4, 0.5) is 5.69 Å². The summed E-state index contributed by atoms with van der Waals surface area (Å²) in [5.74, 6) is 0.741. The third-order valence-corrected chi connectivity index (χ3v) is 8.72. The molecule has 5 rings (SSSR count). The lowest BCUT2D eigenvalue weighted by molar-refractivity contribution is -0.115. The Hall–Kier alpha value is -4.23. The Morgan fingerprint density at radius 2 is 1.62 bits per heavy atom. The maximum absolute atomic E-state index is 12.7. The molecule has 4 aromatic carbocycles. The average Bonchev–Trinajstić information content (AvgIpc) is 3.32. The lowest BCUT2D eigenvalue weighted by Crippen LogP contribution is -2.14. The molecular weight excluding hydrogens is 506 g/mol. The third-order valence-electron chi connectivity index (χ3n) is 6.97. The van der Waals surface area contributed by atoms with Gasteiger partial charge in [0.05, 0.1) is 34.1 Å². The number of hydrogen-bond donors (Lipinski definition) is 1. The molecule has 0 saturated carbocycles. The van der Waals surface area contributed by atoms with Crippen molar-refractivity contribution in [2.45, 2.75) is 38.1 Å². The van der Waals surface area contributed by atoms with Crippen LogP contribution in [0.25, 0.3) is 22.4 Å². The number of sulfone groups is 1. The van der Waals surface area contributed by atoms with Gasteiger partial charge in [-0.05, 0) is 79.1 Å². The average molecular weight is 538 g/mol. The van der Waals surface area contributed by atoms with Gasteiger partial charge in [0.15, 0.2) is 9.84 Å². The van der Waals surface area contributed by atoms with Crippen LogP contribution in [-0.4, -0.2) is 29.6 Å². The second kappa shape index (κ2) is 10.9. The van der Waals surface area contributed by atoms with Crippen molar-refractivity contribution in [2.24, 2.45) is 0 Å². The second-order valence-electron chi connectivity index (χ2n) is 9.73. The predicted octanol–water partition coefficient (Wildman–Crippen LogP) is 6.60. The predicted molar refractivity (Wildman–Crippen MR) is 157 cm³/mol. The molecule has 1 heterocycles. The van der Waals surface area contributed by atoms with Crippen molar-refractivity contribution < 1.29 is 13.2 Å². The van der Waals surface area contributed by atoms with Crippen LogP contribution in [0.15, 0.2) is 102 Å². The molecule has 0 spiro atoms. The van der Waals surface area contributed by atoms with E-state index in [-0.39, 0.29) is 29.0 Å². The zero-order valence-electron chi connectivity index (χ0n) is 22.3. The summed E-state index contributed by atoms with van der Waals surface area (Å²) in [7, 11) is -3.26. The first-order valence-corrected chi connectivity index (χ1v) is 14.7. The zero-order chi connectivity index (χ0) is 27.6. The normalized spacial score (nSPS) is 12.4. The highest BCUT2D eigenvalue weighted by Crippen LogP contribution is 2.32. The standard InChI is InChI=1S/C32H31N3O3S/c1-4-39(37,38)28-17-11-24(12-18-28)21-31(36)33-27-15-13-26(14-16-27)32-34-29-19-10-22(2)20-30(29)35(32)23(3)25-8-6-5-7-9-25/h5-20,23H,4,21H2,1-3H3,(H,33,36).